The number of rotatable bonds is 7. The van der Waals surface area contributed by atoms with Crippen LogP contribution >= 0.6 is 36.2 Å². The van der Waals surface area contributed by atoms with Gasteiger partial charge in [-0.1, -0.05) is 25.0 Å². The van der Waals surface area contributed by atoms with Gasteiger partial charge in [-0.25, -0.2) is 4.98 Å². The highest BCUT2D eigenvalue weighted by Gasteiger charge is 2.33. The lowest BCUT2D eigenvalue weighted by atomic mass is 9.97. The molecule has 1 aromatic heterocycles. The van der Waals surface area contributed by atoms with Gasteiger partial charge in [0.15, 0.2) is 0 Å². The molecule has 4 nitrogen and oxygen atoms in total. The first kappa shape index (κ1) is 22.2. The molecule has 1 aliphatic rings. The largest absolute Gasteiger partial charge is 0.349 e. The van der Waals surface area contributed by atoms with Crippen LogP contribution in [0.15, 0.2) is 24.3 Å². The number of nitrogens with two attached hydrogens (primary N) is 1. The topological polar surface area (TPSA) is 68.0 Å². The van der Waals surface area contributed by atoms with Crippen LogP contribution in [0.4, 0.5) is 0 Å². The van der Waals surface area contributed by atoms with Crippen LogP contribution in [-0.2, 0) is 11.2 Å². The summed E-state index contributed by atoms with van der Waals surface area (Å²) in [5.41, 5.74) is 6.82. The van der Waals surface area contributed by atoms with E-state index in [0.717, 1.165) is 37.6 Å². The van der Waals surface area contributed by atoms with Crippen molar-refractivity contribution in [1.82, 2.24) is 10.3 Å². The van der Waals surface area contributed by atoms with Crippen LogP contribution in [-0.4, -0.2) is 23.0 Å². The number of aromatic nitrogens is 1. The van der Waals surface area contributed by atoms with Gasteiger partial charge in [-0.2, -0.15) is 0 Å². The first-order valence-corrected chi connectivity index (χ1v) is 9.38. The fraction of sp³-hybridized carbons (Fsp3) is 0.556. The third kappa shape index (κ3) is 5.81. The number of carbonyl (C=O) groups excluding carboxylic acids is 1. The molecular weight excluding hydrogens is 377 g/mol. The maximum Gasteiger partial charge on any atom is 0.220 e. The molecule has 0 saturated heterocycles. The first-order valence-electron chi connectivity index (χ1n) is 8.56. The molecular formula is C18H27Cl2N3OS. The number of aryl methyl sites for hydroxylation is 1. The Hall–Kier alpha value is -0.880. The minimum absolute atomic E-state index is 0. The summed E-state index contributed by atoms with van der Waals surface area (Å²) in [7, 11) is 0. The second-order valence-corrected chi connectivity index (χ2v) is 7.64. The molecule has 0 spiro atoms. The molecule has 0 aliphatic heterocycles. The van der Waals surface area contributed by atoms with Crippen LogP contribution in [0.3, 0.4) is 0 Å². The fourth-order valence-electron chi connectivity index (χ4n) is 3.38. The first-order chi connectivity index (χ1) is 11.2. The summed E-state index contributed by atoms with van der Waals surface area (Å²) >= 11 is 1.76. The lowest BCUT2D eigenvalue weighted by Crippen LogP contribution is -2.51. The Morgan fingerprint density at radius 1 is 1.20 bits per heavy atom. The van der Waals surface area contributed by atoms with Gasteiger partial charge in [0.05, 0.1) is 20.8 Å². The Labute approximate surface area is 165 Å². The van der Waals surface area contributed by atoms with Gasteiger partial charge in [0.25, 0.3) is 0 Å². The van der Waals surface area contributed by atoms with E-state index >= 15 is 0 Å². The zero-order valence-corrected chi connectivity index (χ0v) is 16.8. The number of para-hydroxylation sites is 1. The standard InChI is InChI=1S/C18H25N3OS.2ClH/c19-13-18(11-5-6-12-18)21-16(22)9-3-4-10-17-20-14-7-1-2-8-15(14)23-17;;/h1-2,7-8H,3-6,9-13,19H2,(H,21,22);2*1H. The van der Waals surface area contributed by atoms with Gasteiger partial charge >= 0.3 is 0 Å². The number of benzene rings is 1. The maximum absolute atomic E-state index is 12.1. The molecule has 0 bridgehead atoms. The SMILES string of the molecule is Cl.Cl.NCC1(NC(=O)CCCCc2nc3ccccc3s2)CCCC1. The highest BCUT2D eigenvalue weighted by molar-refractivity contribution is 7.18. The monoisotopic (exact) mass is 403 g/mol. The van der Waals surface area contributed by atoms with Gasteiger partial charge in [-0.3, -0.25) is 4.79 Å². The van der Waals surface area contributed by atoms with Crippen molar-refractivity contribution in [2.45, 2.75) is 56.9 Å². The van der Waals surface area contributed by atoms with Crippen molar-refractivity contribution in [3.8, 4) is 0 Å². The summed E-state index contributed by atoms with van der Waals surface area (Å²) < 4.78 is 1.24. The molecule has 3 N–H and O–H groups in total. The second-order valence-electron chi connectivity index (χ2n) is 6.52. The van der Waals surface area contributed by atoms with Gasteiger partial charge in [-0.05, 0) is 44.2 Å². The minimum atomic E-state index is -0.121. The van der Waals surface area contributed by atoms with E-state index in [4.69, 9.17) is 5.73 Å². The van der Waals surface area contributed by atoms with Crippen LogP contribution in [0.2, 0.25) is 0 Å². The highest BCUT2D eigenvalue weighted by Crippen LogP contribution is 2.28. The molecule has 25 heavy (non-hydrogen) atoms. The molecule has 1 amide bonds. The Morgan fingerprint density at radius 3 is 2.60 bits per heavy atom. The van der Waals surface area contributed by atoms with E-state index in [9.17, 15) is 4.79 Å². The van der Waals surface area contributed by atoms with Crippen molar-refractivity contribution in [2.24, 2.45) is 5.73 Å². The van der Waals surface area contributed by atoms with Crippen molar-refractivity contribution >= 4 is 52.3 Å². The third-order valence-electron chi connectivity index (χ3n) is 4.74. The third-order valence-corrected chi connectivity index (χ3v) is 5.83. The van der Waals surface area contributed by atoms with Gasteiger partial charge in [0.2, 0.25) is 5.91 Å². The van der Waals surface area contributed by atoms with Gasteiger partial charge in [0, 0.05) is 13.0 Å². The predicted molar refractivity (Wildman–Crippen MR) is 110 cm³/mol. The van der Waals surface area contributed by atoms with Crippen LogP contribution in [0.25, 0.3) is 10.2 Å². The quantitative estimate of drug-likeness (QED) is 0.679. The van der Waals surface area contributed by atoms with Crippen LogP contribution in [0.5, 0.6) is 0 Å². The number of hydrogen-bond acceptors (Lipinski definition) is 4. The molecule has 2 aromatic rings. The predicted octanol–water partition coefficient (Wildman–Crippen LogP) is 4.24. The molecule has 1 heterocycles. The zero-order valence-electron chi connectivity index (χ0n) is 14.3. The fourth-order valence-corrected chi connectivity index (χ4v) is 4.39. The maximum atomic E-state index is 12.1. The number of carbonyl (C=O) groups is 1. The second kappa shape index (κ2) is 10.3. The Balaban J connectivity index is 0.00000156. The number of nitrogens with one attached hydrogen (secondary N) is 1. The molecule has 7 heteroatoms. The number of thiazole rings is 1. The molecule has 0 atom stereocenters. The van der Waals surface area contributed by atoms with Crippen molar-refractivity contribution in [2.75, 3.05) is 6.54 Å². The number of halogens is 2. The van der Waals surface area contributed by atoms with E-state index in [-0.39, 0.29) is 36.3 Å². The lowest BCUT2D eigenvalue weighted by molar-refractivity contribution is -0.123. The summed E-state index contributed by atoms with van der Waals surface area (Å²) in [4.78, 5) is 16.8. The Kier molecular flexibility index (Phi) is 9.14. The number of hydrogen-bond donors (Lipinski definition) is 2. The van der Waals surface area contributed by atoms with Crippen LogP contribution < -0.4 is 11.1 Å². The molecule has 140 valence electrons. The Morgan fingerprint density at radius 2 is 1.92 bits per heavy atom. The van der Waals surface area contributed by atoms with E-state index < -0.39 is 0 Å². The van der Waals surface area contributed by atoms with E-state index in [1.54, 1.807) is 11.3 Å². The summed E-state index contributed by atoms with van der Waals surface area (Å²) in [6.45, 7) is 0.560. The molecule has 1 fully saturated rings. The van der Waals surface area contributed by atoms with E-state index in [1.807, 2.05) is 12.1 Å². The summed E-state index contributed by atoms with van der Waals surface area (Å²) in [6.07, 6.45) is 7.86. The van der Waals surface area contributed by atoms with Crippen molar-refractivity contribution in [3.05, 3.63) is 29.3 Å². The minimum Gasteiger partial charge on any atom is -0.349 e. The summed E-state index contributed by atoms with van der Waals surface area (Å²) in [5.74, 6) is 0.154. The van der Waals surface area contributed by atoms with Crippen molar-refractivity contribution < 1.29 is 4.79 Å². The summed E-state index contributed by atoms with van der Waals surface area (Å²) in [6, 6.07) is 8.23. The van der Waals surface area contributed by atoms with E-state index in [0.29, 0.717) is 13.0 Å². The average molecular weight is 404 g/mol. The van der Waals surface area contributed by atoms with E-state index in [1.165, 1.54) is 22.5 Å². The number of nitrogens with zero attached hydrogens (tertiary/aromatic N) is 1. The molecule has 0 unspecified atom stereocenters. The van der Waals surface area contributed by atoms with Crippen molar-refractivity contribution in [1.29, 1.82) is 0 Å². The number of unbranched alkanes of at least 4 members (excludes halogenated alkanes) is 1. The number of fused-ring (bicyclic) bond motifs is 1. The average Bonchev–Trinajstić information content (AvgIpc) is 3.18. The normalized spacial score (nSPS) is 15.4. The van der Waals surface area contributed by atoms with E-state index in [2.05, 4.69) is 22.4 Å². The zero-order chi connectivity index (χ0) is 16.1. The molecule has 1 aliphatic carbocycles. The van der Waals surface area contributed by atoms with Gasteiger partial charge < -0.3 is 11.1 Å². The summed E-state index contributed by atoms with van der Waals surface area (Å²) in [5, 5.41) is 4.35. The van der Waals surface area contributed by atoms with Gasteiger partial charge in [0.1, 0.15) is 0 Å². The molecule has 1 saturated carbocycles. The van der Waals surface area contributed by atoms with Crippen molar-refractivity contribution in [3.63, 3.8) is 0 Å². The molecule has 1 aromatic carbocycles. The molecule has 3 rings (SSSR count). The van der Waals surface area contributed by atoms with Crippen LogP contribution in [0.1, 0.15) is 50.0 Å². The highest BCUT2D eigenvalue weighted by atomic mass is 35.5. The molecule has 0 radical (unpaired) electrons. The number of amides is 1. The van der Waals surface area contributed by atoms with Crippen LogP contribution in [0, 0.1) is 0 Å². The smallest absolute Gasteiger partial charge is 0.220 e. The Bertz CT molecular complexity index is 638. The van der Waals surface area contributed by atoms with Gasteiger partial charge in [-0.15, -0.1) is 36.2 Å². The lowest BCUT2D eigenvalue weighted by Gasteiger charge is -2.28.